The standard InChI is InChI=1S/C27H33NO6/c1-3-33-27-22(10-7-17-29)23(20-11-13-21(14-12-20)26(31)32-2)18-24(34-27)25(30)28-16-15-19-8-5-4-6-9-19/h4-6,8-9,11-14,18,22-23,27,29H,3,7,10,15-17H2,1-2H3,(H,28,30)/t22-,23+,27+/m0/s1. The molecule has 0 aromatic heterocycles. The number of benzene rings is 2. The van der Waals surface area contributed by atoms with E-state index in [1.54, 1.807) is 12.1 Å². The number of ether oxygens (including phenoxy) is 3. The molecular formula is C27H33NO6. The van der Waals surface area contributed by atoms with Crippen molar-refractivity contribution < 1.29 is 28.9 Å². The number of aliphatic hydroxyl groups is 1. The number of methoxy groups -OCH3 is 1. The third kappa shape index (κ3) is 6.68. The van der Waals surface area contributed by atoms with Gasteiger partial charge in [-0.15, -0.1) is 0 Å². The lowest BCUT2D eigenvalue weighted by molar-refractivity contribution is -0.166. The first-order valence-electron chi connectivity index (χ1n) is 11.7. The molecule has 2 aromatic carbocycles. The number of amides is 1. The average Bonchev–Trinajstić information content (AvgIpc) is 2.88. The van der Waals surface area contributed by atoms with Crippen LogP contribution >= 0.6 is 0 Å². The Labute approximate surface area is 200 Å². The van der Waals surface area contributed by atoms with Crippen LogP contribution in [0.2, 0.25) is 0 Å². The Morgan fingerprint density at radius 1 is 1.09 bits per heavy atom. The minimum absolute atomic E-state index is 0.0554. The maximum absolute atomic E-state index is 13.0. The SMILES string of the molecule is CCO[C@@H]1OC(C(=O)NCCc2ccccc2)=C[C@H](c2ccc(C(=O)OC)cc2)[C@@H]1CCCO. The Kier molecular flexibility index (Phi) is 9.67. The highest BCUT2D eigenvalue weighted by atomic mass is 16.7. The smallest absolute Gasteiger partial charge is 0.337 e. The summed E-state index contributed by atoms with van der Waals surface area (Å²) in [6.45, 7) is 2.84. The van der Waals surface area contributed by atoms with Crippen LogP contribution in [0.5, 0.6) is 0 Å². The molecule has 0 radical (unpaired) electrons. The van der Waals surface area contributed by atoms with Gasteiger partial charge in [0, 0.05) is 31.6 Å². The highest BCUT2D eigenvalue weighted by Gasteiger charge is 2.37. The summed E-state index contributed by atoms with van der Waals surface area (Å²) >= 11 is 0. The monoisotopic (exact) mass is 467 g/mol. The van der Waals surface area contributed by atoms with Crippen molar-refractivity contribution in [3.63, 3.8) is 0 Å². The van der Waals surface area contributed by atoms with Crippen molar-refractivity contribution in [3.8, 4) is 0 Å². The topological polar surface area (TPSA) is 94.1 Å². The zero-order valence-electron chi connectivity index (χ0n) is 19.7. The molecule has 1 heterocycles. The minimum atomic E-state index is -0.623. The number of allylic oxidation sites excluding steroid dienone is 1. The average molecular weight is 468 g/mol. The highest BCUT2D eigenvalue weighted by Crippen LogP contribution is 2.39. The number of carbonyl (C=O) groups excluding carboxylic acids is 2. The maximum Gasteiger partial charge on any atom is 0.337 e. The van der Waals surface area contributed by atoms with Gasteiger partial charge in [0.25, 0.3) is 5.91 Å². The molecular weight excluding hydrogens is 434 g/mol. The summed E-state index contributed by atoms with van der Waals surface area (Å²) in [5.41, 5.74) is 2.52. The number of rotatable bonds is 11. The van der Waals surface area contributed by atoms with Crippen LogP contribution in [0.25, 0.3) is 0 Å². The van der Waals surface area contributed by atoms with E-state index in [0.717, 1.165) is 11.1 Å². The zero-order chi connectivity index (χ0) is 24.3. The van der Waals surface area contributed by atoms with Crippen LogP contribution in [-0.2, 0) is 25.4 Å². The predicted octanol–water partition coefficient (Wildman–Crippen LogP) is 3.58. The molecule has 0 saturated heterocycles. The minimum Gasteiger partial charge on any atom is -0.465 e. The van der Waals surface area contributed by atoms with Crippen molar-refractivity contribution >= 4 is 11.9 Å². The number of aliphatic hydroxyl groups excluding tert-OH is 1. The van der Waals surface area contributed by atoms with Gasteiger partial charge < -0.3 is 24.6 Å². The van der Waals surface area contributed by atoms with Crippen molar-refractivity contribution in [1.82, 2.24) is 5.32 Å². The first-order chi connectivity index (χ1) is 16.6. The van der Waals surface area contributed by atoms with Gasteiger partial charge in [-0.1, -0.05) is 42.5 Å². The molecule has 3 atom stereocenters. The highest BCUT2D eigenvalue weighted by molar-refractivity contribution is 5.92. The van der Waals surface area contributed by atoms with Crippen molar-refractivity contribution in [2.24, 2.45) is 5.92 Å². The molecule has 1 amide bonds. The van der Waals surface area contributed by atoms with Crippen LogP contribution in [0.4, 0.5) is 0 Å². The van der Waals surface area contributed by atoms with Crippen molar-refractivity contribution in [2.75, 3.05) is 26.9 Å². The molecule has 0 spiro atoms. The largest absolute Gasteiger partial charge is 0.465 e. The molecule has 2 N–H and O–H groups in total. The second kappa shape index (κ2) is 12.9. The number of esters is 1. The molecule has 0 saturated carbocycles. The predicted molar refractivity (Wildman–Crippen MR) is 128 cm³/mol. The normalized spacial score (nSPS) is 19.6. The summed E-state index contributed by atoms with van der Waals surface area (Å²) in [4.78, 5) is 24.8. The van der Waals surface area contributed by atoms with Crippen LogP contribution in [0.15, 0.2) is 66.4 Å². The fourth-order valence-electron chi connectivity index (χ4n) is 4.16. The maximum atomic E-state index is 13.0. The van der Waals surface area contributed by atoms with E-state index in [-0.39, 0.29) is 30.1 Å². The summed E-state index contributed by atoms with van der Waals surface area (Å²) in [7, 11) is 1.34. The first kappa shape index (κ1) is 25.5. The fourth-order valence-corrected chi connectivity index (χ4v) is 4.16. The van der Waals surface area contributed by atoms with Gasteiger partial charge in [0.1, 0.15) is 0 Å². The van der Waals surface area contributed by atoms with Crippen LogP contribution in [0.3, 0.4) is 0 Å². The fraction of sp³-hybridized carbons (Fsp3) is 0.407. The lowest BCUT2D eigenvalue weighted by atomic mass is 9.80. The Morgan fingerprint density at radius 3 is 2.47 bits per heavy atom. The summed E-state index contributed by atoms with van der Waals surface area (Å²) in [6.07, 6.45) is 3.15. The van der Waals surface area contributed by atoms with Crippen LogP contribution in [0.1, 0.15) is 47.2 Å². The third-order valence-corrected chi connectivity index (χ3v) is 5.89. The molecule has 0 fully saturated rings. The second-order valence-corrected chi connectivity index (χ2v) is 8.13. The van der Waals surface area contributed by atoms with Crippen LogP contribution < -0.4 is 5.32 Å². The van der Waals surface area contributed by atoms with E-state index in [9.17, 15) is 14.7 Å². The summed E-state index contributed by atoms with van der Waals surface area (Å²) in [5.74, 6) is -0.766. The molecule has 0 bridgehead atoms. The van der Waals surface area contributed by atoms with E-state index in [0.29, 0.717) is 38.0 Å². The zero-order valence-corrected chi connectivity index (χ0v) is 19.7. The van der Waals surface area contributed by atoms with Gasteiger partial charge >= 0.3 is 5.97 Å². The molecule has 0 unspecified atom stereocenters. The second-order valence-electron chi connectivity index (χ2n) is 8.13. The lowest BCUT2D eigenvalue weighted by Crippen LogP contribution is -2.39. The van der Waals surface area contributed by atoms with Gasteiger partial charge in [0.05, 0.1) is 12.7 Å². The summed E-state index contributed by atoms with van der Waals surface area (Å²) < 4.78 is 16.7. The van der Waals surface area contributed by atoms with Crippen LogP contribution in [-0.4, -0.2) is 50.1 Å². The molecule has 7 heteroatoms. The van der Waals surface area contributed by atoms with E-state index < -0.39 is 12.3 Å². The molecule has 3 rings (SSSR count). The van der Waals surface area contributed by atoms with Crippen molar-refractivity contribution in [3.05, 3.63) is 83.1 Å². The van der Waals surface area contributed by atoms with Crippen LogP contribution in [0, 0.1) is 5.92 Å². The van der Waals surface area contributed by atoms with Gasteiger partial charge in [-0.2, -0.15) is 0 Å². The number of hydrogen-bond acceptors (Lipinski definition) is 6. The molecule has 0 aliphatic carbocycles. The van der Waals surface area contributed by atoms with Gasteiger partial charge in [0.15, 0.2) is 5.76 Å². The van der Waals surface area contributed by atoms with Crippen molar-refractivity contribution in [2.45, 2.75) is 38.4 Å². The Balaban J connectivity index is 1.82. The molecule has 7 nitrogen and oxygen atoms in total. The molecule has 34 heavy (non-hydrogen) atoms. The van der Waals surface area contributed by atoms with E-state index in [1.807, 2.05) is 55.5 Å². The first-order valence-corrected chi connectivity index (χ1v) is 11.7. The van der Waals surface area contributed by atoms with E-state index in [4.69, 9.17) is 14.2 Å². The lowest BCUT2D eigenvalue weighted by Gasteiger charge is -2.37. The molecule has 1 aliphatic rings. The Morgan fingerprint density at radius 2 is 1.82 bits per heavy atom. The summed E-state index contributed by atoms with van der Waals surface area (Å²) in [5, 5.41) is 12.3. The van der Waals surface area contributed by atoms with Gasteiger partial charge in [-0.25, -0.2) is 4.79 Å². The number of nitrogens with one attached hydrogen (secondary N) is 1. The summed E-state index contributed by atoms with van der Waals surface area (Å²) in [6, 6.07) is 17.1. The molecule has 1 aliphatic heterocycles. The van der Waals surface area contributed by atoms with Crippen molar-refractivity contribution in [1.29, 1.82) is 0 Å². The molecule has 182 valence electrons. The van der Waals surface area contributed by atoms with E-state index >= 15 is 0 Å². The molecule has 2 aromatic rings. The number of carbonyl (C=O) groups is 2. The quantitative estimate of drug-likeness (QED) is 0.491. The van der Waals surface area contributed by atoms with E-state index in [1.165, 1.54) is 7.11 Å². The van der Waals surface area contributed by atoms with Gasteiger partial charge in [-0.3, -0.25) is 4.79 Å². The Bertz CT molecular complexity index is 957. The third-order valence-electron chi connectivity index (χ3n) is 5.89. The van der Waals surface area contributed by atoms with Gasteiger partial charge in [-0.05, 0) is 55.5 Å². The van der Waals surface area contributed by atoms with E-state index in [2.05, 4.69) is 5.32 Å². The van der Waals surface area contributed by atoms with Gasteiger partial charge in [0.2, 0.25) is 6.29 Å². The Hall–Kier alpha value is -3.16. The number of hydrogen-bond donors (Lipinski definition) is 2.